The zero-order chi connectivity index (χ0) is 11.7. The molecule has 0 saturated carbocycles. The second-order valence-electron chi connectivity index (χ2n) is 3.67. The Bertz CT molecular complexity index is 428. The van der Waals surface area contributed by atoms with Gasteiger partial charge in [-0.05, 0) is 16.8 Å². The number of likely N-dealkylation sites (N-methyl/N-ethyl adjacent to an activating group) is 1. The zero-order valence-corrected chi connectivity index (χ0v) is 9.04. The molecule has 0 radical (unpaired) electrons. The van der Waals surface area contributed by atoms with E-state index in [1.807, 2.05) is 0 Å². The van der Waals surface area contributed by atoms with Gasteiger partial charge in [0.1, 0.15) is 6.04 Å². The first kappa shape index (κ1) is 10.5. The number of aryl methyl sites for hydroxylation is 1. The summed E-state index contributed by atoms with van der Waals surface area (Å²) < 4.78 is 1.36. The van der Waals surface area contributed by atoms with E-state index in [9.17, 15) is 9.59 Å². The van der Waals surface area contributed by atoms with Crippen LogP contribution in [0.5, 0.6) is 0 Å². The zero-order valence-electron chi connectivity index (χ0n) is 9.04. The van der Waals surface area contributed by atoms with E-state index in [1.165, 1.54) is 9.58 Å². The van der Waals surface area contributed by atoms with Gasteiger partial charge >= 0.3 is 0 Å². The lowest BCUT2D eigenvalue weighted by atomic mass is 10.2. The summed E-state index contributed by atoms with van der Waals surface area (Å²) in [4.78, 5) is 24.5. The standard InChI is InChI=1S/C8H12N6O2/c1-13-5(3-4-6(13)15)7(16)9-8-10-11-12-14(8)2/h5H,3-4H2,1-2H3,(H,9,10,12,16)/t5-/m0/s1. The smallest absolute Gasteiger partial charge is 0.249 e. The lowest BCUT2D eigenvalue weighted by Crippen LogP contribution is -2.39. The summed E-state index contributed by atoms with van der Waals surface area (Å²) in [5, 5.41) is 13.2. The van der Waals surface area contributed by atoms with Gasteiger partial charge in [0.25, 0.3) is 0 Å². The van der Waals surface area contributed by atoms with Crippen molar-refractivity contribution in [2.45, 2.75) is 18.9 Å². The summed E-state index contributed by atoms with van der Waals surface area (Å²) >= 11 is 0. The third-order valence-corrected chi connectivity index (χ3v) is 2.65. The summed E-state index contributed by atoms with van der Waals surface area (Å²) in [5.74, 6) is 0.000222. The Morgan fingerprint density at radius 3 is 2.75 bits per heavy atom. The molecule has 2 heterocycles. The number of carbonyl (C=O) groups excluding carboxylic acids is 2. The SMILES string of the molecule is CN1C(=O)CC[C@H]1C(=O)Nc1nnnn1C. The molecule has 2 rings (SSSR count). The van der Waals surface area contributed by atoms with Gasteiger partial charge in [-0.15, -0.1) is 0 Å². The largest absolute Gasteiger partial charge is 0.334 e. The molecular formula is C8H12N6O2. The minimum absolute atomic E-state index is 0.0174. The van der Waals surface area contributed by atoms with Gasteiger partial charge in [0.15, 0.2) is 0 Å². The van der Waals surface area contributed by atoms with Crippen LogP contribution >= 0.6 is 0 Å². The van der Waals surface area contributed by atoms with Crippen LogP contribution in [0.15, 0.2) is 0 Å². The normalized spacial score (nSPS) is 20.2. The van der Waals surface area contributed by atoms with Gasteiger partial charge in [0.2, 0.25) is 17.8 Å². The van der Waals surface area contributed by atoms with E-state index in [4.69, 9.17) is 0 Å². The first-order chi connectivity index (χ1) is 7.59. The Hall–Kier alpha value is -1.99. The fourth-order valence-corrected chi connectivity index (χ4v) is 1.64. The number of anilines is 1. The maximum absolute atomic E-state index is 11.8. The van der Waals surface area contributed by atoms with Gasteiger partial charge in [-0.25, -0.2) is 4.68 Å². The molecule has 1 fully saturated rings. The van der Waals surface area contributed by atoms with Crippen LogP contribution in [-0.4, -0.2) is 50.0 Å². The Labute approximate surface area is 91.6 Å². The van der Waals surface area contributed by atoms with E-state index in [2.05, 4.69) is 20.8 Å². The highest BCUT2D eigenvalue weighted by Crippen LogP contribution is 2.17. The van der Waals surface area contributed by atoms with Crippen molar-refractivity contribution in [1.82, 2.24) is 25.1 Å². The molecule has 16 heavy (non-hydrogen) atoms. The number of tetrazole rings is 1. The van der Waals surface area contributed by atoms with Crippen LogP contribution in [0, 0.1) is 0 Å². The highest BCUT2D eigenvalue weighted by molar-refractivity contribution is 5.97. The highest BCUT2D eigenvalue weighted by atomic mass is 16.2. The van der Waals surface area contributed by atoms with E-state index in [0.717, 1.165) is 0 Å². The van der Waals surface area contributed by atoms with Crippen molar-refractivity contribution in [3.8, 4) is 0 Å². The first-order valence-corrected chi connectivity index (χ1v) is 4.88. The second kappa shape index (κ2) is 3.87. The van der Waals surface area contributed by atoms with Crippen molar-refractivity contribution < 1.29 is 9.59 Å². The fraction of sp³-hybridized carbons (Fsp3) is 0.625. The molecule has 8 heteroatoms. The molecule has 0 bridgehead atoms. The predicted octanol–water partition coefficient (Wildman–Crippen LogP) is -1.23. The summed E-state index contributed by atoms with van der Waals surface area (Å²) in [5.41, 5.74) is 0. The number of nitrogens with one attached hydrogen (secondary N) is 1. The number of aromatic nitrogens is 4. The molecule has 0 aromatic carbocycles. The van der Waals surface area contributed by atoms with Crippen LogP contribution < -0.4 is 5.32 Å². The fourth-order valence-electron chi connectivity index (χ4n) is 1.64. The van der Waals surface area contributed by atoms with E-state index >= 15 is 0 Å². The molecular weight excluding hydrogens is 212 g/mol. The number of hydrogen-bond acceptors (Lipinski definition) is 5. The maximum Gasteiger partial charge on any atom is 0.249 e. The van der Waals surface area contributed by atoms with E-state index in [0.29, 0.717) is 12.8 Å². The lowest BCUT2D eigenvalue weighted by molar-refractivity contribution is -0.131. The second-order valence-corrected chi connectivity index (χ2v) is 3.67. The van der Waals surface area contributed by atoms with Crippen molar-refractivity contribution >= 4 is 17.8 Å². The van der Waals surface area contributed by atoms with E-state index in [1.54, 1.807) is 14.1 Å². The number of carbonyl (C=O) groups is 2. The third-order valence-electron chi connectivity index (χ3n) is 2.65. The monoisotopic (exact) mass is 224 g/mol. The molecule has 1 N–H and O–H groups in total. The molecule has 1 aromatic rings. The Balaban J connectivity index is 2.04. The van der Waals surface area contributed by atoms with E-state index in [-0.39, 0.29) is 17.8 Å². The van der Waals surface area contributed by atoms with Gasteiger partial charge in [-0.3, -0.25) is 14.9 Å². The van der Waals surface area contributed by atoms with Gasteiger partial charge < -0.3 is 4.90 Å². The number of nitrogens with zero attached hydrogens (tertiary/aromatic N) is 5. The molecule has 8 nitrogen and oxygen atoms in total. The van der Waals surface area contributed by atoms with Crippen LogP contribution in [0.3, 0.4) is 0 Å². The number of amides is 2. The van der Waals surface area contributed by atoms with Crippen LogP contribution in [0.1, 0.15) is 12.8 Å². The van der Waals surface area contributed by atoms with Crippen molar-refractivity contribution in [2.24, 2.45) is 7.05 Å². The van der Waals surface area contributed by atoms with Crippen LogP contribution in [0.25, 0.3) is 0 Å². The molecule has 0 unspecified atom stereocenters. The molecule has 86 valence electrons. The molecule has 1 atom stereocenters. The molecule has 0 spiro atoms. The topological polar surface area (TPSA) is 93.0 Å². The molecule has 1 aliphatic rings. The average Bonchev–Trinajstić information content (AvgIpc) is 2.77. The van der Waals surface area contributed by atoms with Crippen LogP contribution in [0.2, 0.25) is 0 Å². The maximum atomic E-state index is 11.8. The van der Waals surface area contributed by atoms with E-state index < -0.39 is 6.04 Å². The van der Waals surface area contributed by atoms with Gasteiger partial charge in [-0.2, -0.15) is 0 Å². The molecule has 1 aromatic heterocycles. The minimum Gasteiger partial charge on any atom is -0.334 e. The van der Waals surface area contributed by atoms with Gasteiger partial charge in [0, 0.05) is 20.5 Å². The predicted molar refractivity (Wildman–Crippen MR) is 53.2 cm³/mol. The average molecular weight is 224 g/mol. The summed E-state index contributed by atoms with van der Waals surface area (Å²) in [6.45, 7) is 0. The molecule has 0 aliphatic carbocycles. The Kier molecular flexibility index (Phi) is 2.55. The summed E-state index contributed by atoms with van der Waals surface area (Å²) in [7, 11) is 3.24. The van der Waals surface area contributed by atoms with Gasteiger partial charge in [-0.1, -0.05) is 5.10 Å². The molecule has 2 amide bonds. The quantitative estimate of drug-likeness (QED) is 0.679. The Morgan fingerprint density at radius 2 is 2.25 bits per heavy atom. The minimum atomic E-state index is -0.427. The Morgan fingerprint density at radius 1 is 1.50 bits per heavy atom. The van der Waals surface area contributed by atoms with Crippen molar-refractivity contribution in [3.05, 3.63) is 0 Å². The van der Waals surface area contributed by atoms with Gasteiger partial charge in [0.05, 0.1) is 0 Å². The molecule has 1 aliphatic heterocycles. The number of rotatable bonds is 2. The summed E-state index contributed by atoms with van der Waals surface area (Å²) in [6.07, 6.45) is 0.943. The lowest BCUT2D eigenvalue weighted by Gasteiger charge is -2.18. The first-order valence-electron chi connectivity index (χ1n) is 4.88. The van der Waals surface area contributed by atoms with Crippen molar-refractivity contribution in [1.29, 1.82) is 0 Å². The third kappa shape index (κ3) is 1.73. The van der Waals surface area contributed by atoms with Crippen molar-refractivity contribution in [3.63, 3.8) is 0 Å². The highest BCUT2D eigenvalue weighted by Gasteiger charge is 2.33. The van der Waals surface area contributed by atoms with Crippen molar-refractivity contribution in [2.75, 3.05) is 12.4 Å². The summed E-state index contributed by atoms with van der Waals surface area (Å²) in [6, 6.07) is -0.427. The molecule has 1 saturated heterocycles. The number of likely N-dealkylation sites (tertiary alicyclic amines) is 1. The van der Waals surface area contributed by atoms with Crippen LogP contribution in [0.4, 0.5) is 5.95 Å². The number of hydrogen-bond donors (Lipinski definition) is 1. The van der Waals surface area contributed by atoms with Crippen LogP contribution in [-0.2, 0) is 16.6 Å².